The predicted octanol–water partition coefficient (Wildman–Crippen LogP) is 0.310. The molecule has 0 radical (unpaired) electrons. The van der Waals surface area contributed by atoms with Crippen LogP contribution in [0.3, 0.4) is 0 Å². The Kier molecular flexibility index (Phi) is 3.17. The van der Waals surface area contributed by atoms with Gasteiger partial charge in [0, 0.05) is 12.7 Å². The zero-order chi connectivity index (χ0) is 15.9. The number of nitrogens with two attached hydrogens (primary N) is 1. The lowest BCUT2D eigenvalue weighted by Crippen LogP contribution is -2.48. The highest BCUT2D eigenvalue weighted by Crippen LogP contribution is 2.18. The number of benzene rings is 1. The van der Waals surface area contributed by atoms with Gasteiger partial charge in [-0.2, -0.15) is 4.99 Å². The Bertz CT molecular complexity index is 808. The summed E-state index contributed by atoms with van der Waals surface area (Å²) < 4.78 is 0. The van der Waals surface area contributed by atoms with Gasteiger partial charge in [0.2, 0.25) is 18.1 Å². The van der Waals surface area contributed by atoms with Crippen molar-refractivity contribution < 1.29 is 9.90 Å². The van der Waals surface area contributed by atoms with Gasteiger partial charge in [0.15, 0.2) is 0 Å². The average molecular weight is 301 g/mol. The van der Waals surface area contributed by atoms with Gasteiger partial charge >= 0.3 is 5.97 Å². The maximum absolute atomic E-state index is 11.2. The van der Waals surface area contributed by atoms with E-state index in [1.54, 1.807) is 7.05 Å². The van der Waals surface area contributed by atoms with E-state index in [-0.39, 0.29) is 5.96 Å². The second kappa shape index (κ2) is 5.02. The summed E-state index contributed by atoms with van der Waals surface area (Å²) in [7, 11) is 1.58. The number of nitrogens with zero attached hydrogens (tertiary/aromatic N) is 4. The topological polar surface area (TPSA) is 132 Å². The summed E-state index contributed by atoms with van der Waals surface area (Å²) in [4.78, 5) is 27.9. The number of imidazole rings is 1. The molecule has 0 saturated heterocycles. The van der Waals surface area contributed by atoms with Crippen LogP contribution in [0.2, 0.25) is 0 Å². The number of H-pyrrole nitrogens is 1. The average Bonchev–Trinajstić information content (AvgIpc) is 2.81. The molecule has 1 aliphatic heterocycles. The zero-order valence-corrected chi connectivity index (χ0v) is 12.0. The van der Waals surface area contributed by atoms with Crippen LogP contribution < -0.4 is 11.1 Å². The minimum absolute atomic E-state index is 0.0773. The highest BCUT2D eigenvalue weighted by molar-refractivity contribution is 6.05. The molecule has 0 fully saturated rings. The normalized spacial score (nSPS) is 18.1. The molecule has 1 atom stereocenters. The first-order valence-corrected chi connectivity index (χ1v) is 6.55. The van der Waals surface area contributed by atoms with Crippen LogP contribution in [0.15, 0.2) is 28.2 Å². The highest BCUT2D eigenvalue weighted by Gasteiger charge is 2.28. The number of carboxylic acids is 1. The van der Waals surface area contributed by atoms with Gasteiger partial charge in [-0.1, -0.05) is 0 Å². The van der Waals surface area contributed by atoms with E-state index in [0.29, 0.717) is 5.96 Å². The van der Waals surface area contributed by atoms with Crippen molar-refractivity contribution in [1.29, 1.82) is 0 Å². The number of likely N-dealkylation sites (N-methyl/N-ethyl adjacent to an activating group) is 1. The highest BCUT2D eigenvalue weighted by atomic mass is 16.4. The molecule has 1 unspecified atom stereocenters. The monoisotopic (exact) mass is 301 g/mol. The van der Waals surface area contributed by atoms with Crippen molar-refractivity contribution in [3.05, 3.63) is 24.0 Å². The summed E-state index contributed by atoms with van der Waals surface area (Å²) in [5.74, 6) is -0.0390. The number of fused-ring (bicyclic) bond motifs is 1. The minimum atomic E-state index is -1.10. The van der Waals surface area contributed by atoms with Crippen molar-refractivity contribution in [3.63, 3.8) is 0 Å². The fourth-order valence-corrected chi connectivity index (χ4v) is 2.23. The molecule has 0 amide bonds. The van der Waals surface area contributed by atoms with E-state index >= 15 is 0 Å². The van der Waals surface area contributed by atoms with Crippen LogP contribution in [0.1, 0.15) is 5.82 Å². The summed E-state index contributed by atoms with van der Waals surface area (Å²) in [5, 5.41) is 12.2. The lowest BCUT2D eigenvalue weighted by molar-refractivity contribution is -0.141. The van der Waals surface area contributed by atoms with E-state index < -0.39 is 12.1 Å². The Balaban J connectivity index is 1.90. The Morgan fingerprint density at radius 1 is 1.50 bits per heavy atom. The van der Waals surface area contributed by atoms with E-state index in [9.17, 15) is 4.79 Å². The Morgan fingerprint density at radius 3 is 3.00 bits per heavy atom. The van der Waals surface area contributed by atoms with E-state index in [1.165, 1.54) is 4.90 Å². The Hall–Kier alpha value is -3.10. The standard InChI is InChI=1S/C13H15N7O2/c1-6-15-8-4-3-7(5-9(8)16-6)17-13-19-12(14)18-10(11(21)22)20(13)2/h3-5,10H,1-2H3,(H,15,16)(H,21,22)(H3,14,17,18,19). The van der Waals surface area contributed by atoms with Gasteiger partial charge in [-0.25, -0.2) is 14.8 Å². The van der Waals surface area contributed by atoms with E-state index in [4.69, 9.17) is 10.8 Å². The fourth-order valence-electron chi connectivity index (χ4n) is 2.23. The van der Waals surface area contributed by atoms with Crippen LogP contribution in [0.4, 0.5) is 5.69 Å². The van der Waals surface area contributed by atoms with Crippen molar-refractivity contribution in [2.45, 2.75) is 13.1 Å². The number of aryl methyl sites for hydroxylation is 1. The van der Waals surface area contributed by atoms with Crippen LogP contribution in [0, 0.1) is 6.92 Å². The SMILES string of the molecule is Cc1nc2ccc(NC3=NC(N)=NC(C(=O)O)N3C)cc2[nH]1. The van der Waals surface area contributed by atoms with Crippen LogP contribution in [0.25, 0.3) is 11.0 Å². The second-order valence-electron chi connectivity index (χ2n) is 4.92. The molecule has 1 aliphatic rings. The number of carboxylic acid groups (broad SMARTS) is 1. The summed E-state index contributed by atoms with van der Waals surface area (Å²) in [6, 6.07) is 5.55. The third kappa shape index (κ3) is 2.43. The van der Waals surface area contributed by atoms with Gasteiger partial charge in [-0.05, 0) is 25.1 Å². The van der Waals surface area contributed by atoms with Gasteiger partial charge in [0.05, 0.1) is 11.0 Å². The maximum atomic E-state index is 11.2. The number of aliphatic carboxylic acids is 1. The summed E-state index contributed by atoms with van der Waals surface area (Å²) >= 11 is 0. The quantitative estimate of drug-likeness (QED) is 0.631. The van der Waals surface area contributed by atoms with Crippen LogP contribution in [0.5, 0.6) is 0 Å². The number of rotatable bonds is 2. The third-order valence-corrected chi connectivity index (χ3v) is 3.25. The van der Waals surface area contributed by atoms with Crippen LogP contribution in [-0.2, 0) is 4.79 Å². The third-order valence-electron chi connectivity index (χ3n) is 3.25. The molecule has 0 aliphatic carbocycles. The lowest BCUT2D eigenvalue weighted by atomic mass is 10.3. The molecular formula is C13H15N7O2. The van der Waals surface area contributed by atoms with Gasteiger partial charge in [-0.15, -0.1) is 0 Å². The number of hydrogen-bond donors (Lipinski definition) is 4. The number of carbonyl (C=O) groups is 1. The lowest BCUT2D eigenvalue weighted by Gasteiger charge is -2.28. The van der Waals surface area contributed by atoms with E-state index in [2.05, 4.69) is 25.3 Å². The van der Waals surface area contributed by atoms with Crippen molar-refractivity contribution in [3.8, 4) is 0 Å². The molecule has 1 aromatic carbocycles. The first-order chi connectivity index (χ1) is 10.4. The smallest absolute Gasteiger partial charge is 0.349 e. The van der Waals surface area contributed by atoms with E-state index in [1.807, 2.05) is 25.1 Å². The molecule has 5 N–H and O–H groups in total. The van der Waals surface area contributed by atoms with Crippen LogP contribution in [-0.4, -0.2) is 51.1 Å². The molecular weight excluding hydrogens is 286 g/mol. The number of nitrogens with one attached hydrogen (secondary N) is 2. The number of aliphatic imine (C=N–C) groups is 2. The first-order valence-electron chi connectivity index (χ1n) is 6.55. The van der Waals surface area contributed by atoms with Crippen molar-refractivity contribution in [2.75, 3.05) is 12.4 Å². The minimum Gasteiger partial charge on any atom is -0.478 e. The number of aromatic nitrogens is 2. The van der Waals surface area contributed by atoms with Crippen LogP contribution >= 0.6 is 0 Å². The molecule has 1 aromatic heterocycles. The number of aromatic amines is 1. The zero-order valence-electron chi connectivity index (χ0n) is 12.0. The molecule has 3 rings (SSSR count). The molecule has 2 heterocycles. The molecule has 114 valence electrons. The summed E-state index contributed by atoms with van der Waals surface area (Å²) in [6.07, 6.45) is -1.10. The van der Waals surface area contributed by atoms with Crippen molar-refractivity contribution in [2.24, 2.45) is 15.7 Å². The van der Waals surface area contributed by atoms with Gasteiger partial charge in [0.25, 0.3) is 0 Å². The molecule has 0 saturated carbocycles. The van der Waals surface area contributed by atoms with Gasteiger partial charge in [-0.3, -0.25) is 0 Å². The summed E-state index contributed by atoms with van der Waals surface area (Å²) in [5.41, 5.74) is 8.04. The number of hydrogen-bond acceptors (Lipinski definition) is 7. The number of anilines is 1. The van der Waals surface area contributed by atoms with Crippen molar-refractivity contribution >= 4 is 34.6 Å². The fraction of sp³-hybridized carbons (Fsp3) is 0.231. The number of guanidine groups is 2. The molecule has 0 bridgehead atoms. The molecule has 2 aromatic rings. The predicted molar refractivity (Wildman–Crippen MR) is 82.7 cm³/mol. The summed E-state index contributed by atoms with van der Waals surface area (Å²) in [6.45, 7) is 1.88. The Labute approximate surface area is 125 Å². The molecule has 22 heavy (non-hydrogen) atoms. The molecule has 0 spiro atoms. The van der Waals surface area contributed by atoms with Gasteiger partial charge < -0.3 is 26.0 Å². The van der Waals surface area contributed by atoms with Gasteiger partial charge in [0.1, 0.15) is 5.82 Å². The maximum Gasteiger partial charge on any atom is 0.349 e. The second-order valence-corrected chi connectivity index (χ2v) is 4.92. The molecule has 9 heteroatoms. The van der Waals surface area contributed by atoms with E-state index in [0.717, 1.165) is 22.5 Å². The van der Waals surface area contributed by atoms with Crippen molar-refractivity contribution in [1.82, 2.24) is 14.9 Å². The largest absolute Gasteiger partial charge is 0.478 e. The first kappa shape index (κ1) is 13.9. The molecule has 9 nitrogen and oxygen atoms in total. The Morgan fingerprint density at radius 2 is 2.27 bits per heavy atom.